The molecule has 0 saturated heterocycles. The normalized spacial score (nSPS) is 12.8. The smallest absolute Gasteiger partial charge is 0.220 e. The van der Waals surface area contributed by atoms with Gasteiger partial charge in [-0.05, 0) is 19.8 Å². The van der Waals surface area contributed by atoms with Crippen molar-refractivity contribution in [3.8, 4) is 0 Å². The van der Waals surface area contributed by atoms with E-state index in [9.17, 15) is 4.79 Å². The molecule has 0 aromatic heterocycles. The fourth-order valence-electron chi connectivity index (χ4n) is 1.27. The first-order chi connectivity index (χ1) is 7.63. The fraction of sp³-hybridized carbons (Fsp3) is 0.917. The van der Waals surface area contributed by atoms with Crippen molar-refractivity contribution in [2.75, 3.05) is 19.8 Å². The molecule has 1 atom stereocenters. The summed E-state index contributed by atoms with van der Waals surface area (Å²) in [5.41, 5.74) is 0. The van der Waals surface area contributed by atoms with Gasteiger partial charge in [-0.25, -0.2) is 0 Å². The molecule has 0 saturated carbocycles. The van der Waals surface area contributed by atoms with E-state index in [0.717, 1.165) is 6.42 Å². The molecule has 1 N–H and O–H groups in total. The van der Waals surface area contributed by atoms with E-state index in [4.69, 9.17) is 9.47 Å². The summed E-state index contributed by atoms with van der Waals surface area (Å²) in [6.07, 6.45) is 1.27. The van der Waals surface area contributed by atoms with Crippen LogP contribution in [0.4, 0.5) is 0 Å². The average molecular weight is 231 g/mol. The van der Waals surface area contributed by atoms with E-state index in [2.05, 4.69) is 19.2 Å². The topological polar surface area (TPSA) is 47.6 Å². The van der Waals surface area contributed by atoms with Gasteiger partial charge < -0.3 is 14.8 Å². The van der Waals surface area contributed by atoms with Crippen LogP contribution in [-0.2, 0) is 14.3 Å². The number of hydrogen-bond acceptors (Lipinski definition) is 3. The first kappa shape index (κ1) is 15.4. The van der Waals surface area contributed by atoms with Crippen molar-refractivity contribution in [3.63, 3.8) is 0 Å². The number of rotatable bonds is 9. The maximum Gasteiger partial charge on any atom is 0.220 e. The van der Waals surface area contributed by atoms with E-state index in [-0.39, 0.29) is 12.2 Å². The van der Waals surface area contributed by atoms with Crippen molar-refractivity contribution in [3.05, 3.63) is 0 Å². The zero-order valence-corrected chi connectivity index (χ0v) is 10.9. The van der Waals surface area contributed by atoms with Gasteiger partial charge in [0.25, 0.3) is 0 Å². The lowest BCUT2D eigenvalue weighted by atomic mass is 10.1. The molecule has 1 unspecified atom stereocenters. The molecule has 0 aliphatic carbocycles. The minimum absolute atomic E-state index is 0.0683. The predicted octanol–water partition coefficient (Wildman–Crippen LogP) is 1.94. The zero-order chi connectivity index (χ0) is 12.4. The van der Waals surface area contributed by atoms with Gasteiger partial charge >= 0.3 is 0 Å². The highest BCUT2D eigenvalue weighted by atomic mass is 16.7. The Morgan fingerprint density at radius 2 is 1.75 bits per heavy atom. The number of carbonyl (C=O) groups excluding carboxylic acids is 1. The zero-order valence-electron chi connectivity index (χ0n) is 10.9. The summed E-state index contributed by atoms with van der Waals surface area (Å²) in [6, 6.07) is 0. The molecule has 96 valence electrons. The van der Waals surface area contributed by atoms with Crippen molar-refractivity contribution in [1.82, 2.24) is 5.32 Å². The van der Waals surface area contributed by atoms with Crippen LogP contribution in [0.2, 0.25) is 0 Å². The SMILES string of the molecule is CCOC(CNC(=O)CC(C)CC)OCC. The number of carbonyl (C=O) groups is 1. The number of ether oxygens (including phenoxy) is 2. The highest BCUT2D eigenvalue weighted by Gasteiger charge is 2.11. The van der Waals surface area contributed by atoms with Crippen LogP contribution in [0.5, 0.6) is 0 Å². The first-order valence-corrected chi connectivity index (χ1v) is 6.13. The number of amides is 1. The minimum atomic E-state index is -0.323. The molecule has 4 nitrogen and oxygen atoms in total. The maximum absolute atomic E-state index is 11.5. The Balaban J connectivity index is 3.77. The maximum atomic E-state index is 11.5. The molecule has 0 bridgehead atoms. The Bertz CT molecular complexity index is 179. The summed E-state index contributed by atoms with van der Waals surface area (Å²) in [5, 5.41) is 2.83. The molecular formula is C12H25NO3. The number of nitrogens with one attached hydrogen (secondary N) is 1. The molecule has 0 spiro atoms. The van der Waals surface area contributed by atoms with Crippen LogP contribution in [0.1, 0.15) is 40.5 Å². The van der Waals surface area contributed by atoms with Gasteiger partial charge in [0.15, 0.2) is 6.29 Å². The Hall–Kier alpha value is -0.610. The Kier molecular flexibility index (Phi) is 9.24. The summed E-state index contributed by atoms with van der Waals surface area (Å²) in [7, 11) is 0. The van der Waals surface area contributed by atoms with Crippen LogP contribution >= 0.6 is 0 Å². The monoisotopic (exact) mass is 231 g/mol. The van der Waals surface area contributed by atoms with Gasteiger partial charge in [0.05, 0.1) is 6.54 Å². The van der Waals surface area contributed by atoms with Gasteiger partial charge in [0.1, 0.15) is 0 Å². The molecule has 0 radical (unpaired) electrons. The predicted molar refractivity (Wildman–Crippen MR) is 64.1 cm³/mol. The largest absolute Gasteiger partial charge is 0.351 e. The first-order valence-electron chi connectivity index (χ1n) is 6.13. The fourth-order valence-corrected chi connectivity index (χ4v) is 1.27. The van der Waals surface area contributed by atoms with Crippen molar-refractivity contribution in [2.45, 2.75) is 46.8 Å². The van der Waals surface area contributed by atoms with E-state index in [1.165, 1.54) is 0 Å². The second-order valence-corrected chi connectivity index (χ2v) is 3.86. The molecule has 0 aliphatic heterocycles. The summed E-state index contributed by atoms with van der Waals surface area (Å²) in [5.74, 6) is 0.497. The standard InChI is InChI=1S/C12H25NO3/c1-5-10(4)8-11(14)13-9-12(15-6-2)16-7-3/h10,12H,5-9H2,1-4H3,(H,13,14). The highest BCUT2D eigenvalue weighted by Crippen LogP contribution is 2.05. The quantitative estimate of drug-likeness (QED) is 0.617. The van der Waals surface area contributed by atoms with E-state index in [1.54, 1.807) is 0 Å². The average Bonchev–Trinajstić information content (AvgIpc) is 2.26. The van der Waals surface area contributed by atoms with Crippen LogP contribution in [0.15, 0.2) is 0 Å². The summed E-state index contributed by atoms with van der Waals surface area (Å²) in [6.45, 7) is 9.58. The summed E-state index contributed by atoms with van der Waals surface area (Å²) >= 11 is 0. The van der Waals surface area contributed by atoms with E-state index in [1.807, 2.05) is 13.8 Å². The lowest BCUT2D eigenvalue weighted by Crippen LogP contribution is -2.35. The van der Waals surface area contributed by atoms with Crippen molar-refractivity contribution >= 4 is 5.91 Å². The molecule has 0 fully saturated rings. The van der Waals surface area contributed by atoms with Gasteiger partial charge in [0.2, 0.25) is 5.91 Å². The van der Waals surface area contributed by atoms with Gasteiger partial charge in [-0.3, -0.25) is 4.79 Å². The molecule has 0 heterocycles. The van der Waals surface area contributed by atoms with Crippen LogP contribution in [0.3, 0.4) is 0 Å². The molecule has 16 heavy (non-hydrogen) atoms. The molecule has 0 rings (SSSR count). The number of hydrogen-bond donors (Lipinski definition) is 1. The third-order valence-electron chi connectivity index (χ3n) is 2.40. The van der Waals surface area contributed by atoms with E-state index >= 15 is 0 Å². The third kappa shape index (κ3) is 7.65. The lowest BCUT2D eigenvalue weighted by Gasteiger charge is -2.18. The van der Waals surface area contributed by atoms with E-state index in [0.29, 0.717) is 32.1 Å². The second-order valence-electron chi connectivity index (χ2n) is 3.86. The molecule has 0 aliphatic rings. The van der Waals surface area contributed by atoms with Gasteiger partial charge in [-0.15, -0.1) is 0 Å². The Morgan fingerprint density at radius 1 is 1.19 bits per heavy atom. The molecule has 0 aromatic rings. The molecule has 4 heteroatoms. The van der Waals surface area contributed by atoms with Crippen LogP contribution < -0.4 is 5.32 Å². The lowest BCUT2D eigenvalue weighted by molar-refractivity contribution is -0.140. The Morgan fingerprint density at radius 3 is 2.19 bits per heavy atom. The van der Waals surface area contributed by atoms with Crippen molar-refractivity contribution < 1.29 is 14.3 Å². The van der Waals surface area contributed by atoms with Crippen LogP contribution in [0.25, 0.3) is 0 Å². The molecule has 1 amide bonds. The second kappa shape index (κ2) is 9.60. The third-order valence-corrected chi connectivity index (χ3v) is 2.40. The van der Waals surface area contributed by atoms with Gasteiger partial charge in [-0.2, -0.15) is 0 Å². The van der Waals surface area contributed by atoms with Crippen LogP contribution in [-0.4, -0.2) is 32.0 Å². The van der Waals surface area contributed by atoms with Crippen LogP contribution in [0, 0.1) is 5.92 Å². The van der Waals surface area contributed by atoms with Crippen molar-refractivity contribution in [2.24, 2.45) is 5.92 Å². The highest BCUT2D eigenvalue weighted by molar-refractivity contribution is 5.76. The van der Waals surface area contributed by atoms with Gasteiger partial charge in [-0.1, -0.05) is 20.3 Å². The summed E-state index contributed by atoms with van der Waals surface area (Å²) < 4.78 is 10.7. The van der Waals surface area contributed by atoms with Crippen molar-refractivity contribution in [1.29, 1.82) is 0 Å². The Labute approximate surface area is 98.7 Å². The molecular weight excluding hydrogens is 206 g/mol. The molecule has 0 aromatic carbocycles. The summed E-state index contributed by atoms with van der Waals surface area (Å²) in [4.78, 5) is 11.5. The van der Waals surface area contributed by atoms with Gasteiger partial charge in [0, 0.05) is 19.6 Å². The minimum Gasteiger partial charge on any atom is -0.351 e. The van der Waals surface area contributed by atoms with E-state index < -0.39 is 0 Å².